The van der Waals surface area contributed by atoms with Crippen LogP contribution in [0.15, 0.2) is 53.0 Å². The van der Waals surface area contributed by atoms with Crippen LogP contribution < -0.4 is 5.32 Å². The zero-order valence-electron chi connectivity index (χ0n) is 13.4. The van der Waals surface area contributed by atoms with Crippen LogP contribution in [-0.2, 0) is 16.0 Å². The second kappa shape index (κ2) is 8.43. The first kappa shape index (κ1) is 18.7. The van der Waals surface area contributed by atoms with Crippen molar-refractivity contribution in [2.24, 2.45) is 0 Å². The number of benzene rings is 2. The number of hydrogen-bond acceptors (Lipinski definition) is 4. The zero-order valence-corrected chi connectivity index (χ0v) is 14.9. The molecule has 0 fully saturated rings. The largest absolute Gasteiger partial charge is 0.480 e. The van der Waals surface area contributed by atoms with Gasteiger partial charge in [0.25, 0.3) is 5.91 Å². The van der Waals surface area contributed by atoms with Gasteiger partial charge in [0.05, 0.1) is 12.7 Å². The molecule has 0 aliphatic heterocycles. The van der Waals surface area contributed by atoms with Gasteiger partial charge in [0.1, 0.15) is 6.04 Å². The highest BCUT2D eigenvalue weighted by Crippen LogP contribution is 2.18. The maximum Gasteiger partial charge on any atom is 0.337 e. The van der Waals surface area contributed by atoms with Crippen LogP contribution in [0, 0.1) is 0 Å². The lowest BCUT2D eigenvalue weighted by atomic mass is 10.0. The Morgan fingerprint density at radius 3 is 2.44 bits per heavy atom. The lowest BCUT2D eigenvalue weighted by Crippen LogP contribution is -2.42. The van der Waals surface area contributed by atoms with Crippen LogP contribution in [0.2, 0.25) is 0 Å². The van der Waals surface area contributed by atoms with E-state index >= 15 is 0 Å². The standard InChI is InChI=1S/C18H16BrNO5/c1-25-18(24)13-7-4-6-12(9-13)16(21)20-15(17(22)23)10-11-5-2-3-8-14(11)19/h2-9,15H,10H2,1H3,(H,20,21)(H,22,23)/t15-/m0/s1. The predicted molar refractivity (Wildman–Crippen MR) is 94.5 cm³/mol. The Balaban J connectivity index is 2.17. The summed E-state index contributed by atoms with van der Waals surface area (Å²) in [4.78, 5) is 35.4. The number of esters is 1. The van der Waals surface area contributed by atoms with Crippen molar-refractivity contribution in [3.05, 3.63) is 69.7 Å². The van der Waals surface area contributed by atoms with Crippen LogP contribution in [-0.4, -0.2) is 36.1 Å². The van der Waals surface area contributed by atoms with Crippen LogP contribution in [0.25, 0.3) is 0 Å². The highest BCUT2D eigenvalue weighted by atomic mass is 79.9. The van der Waals surface area contributed by atoms with E-state index in [1.807, 2.05) is 6.07 Å². The second-order valence-electron chi connectivity index (χ2n) is 5.23. The molecule has 2 rings (SSSR count). The Hall–Kier alpha value is -2.67. The first-order valence-electron chi connectivity index (χ1n) is 7.38. The van der Waals surface area contributed by atoms with Crippen molar-refractivity contribution in [2.45, 2.75) is 12.5 Å². The van der Waals surface area contributed by atoms with Crippen LogP contribution in [0.3, 0.4) is 0 Å². The topological polar surface area (TPSA) is 92.7 Å². The van der Waals surface area contributed by atoms with E-state index in [-0.39, 0.29) is 17.5 Å². The number of aliphatic carboxylic acids is 1. The molecule has 0 aliphatic carbocycles. The summed E-state index contributed by atoms with van der Waals surface area (Å²) in [5.41, 5.74) is 1.16. The molecule has 0 radical (unpaired) electrons. The molecular weight excluding hydrogens is 390 g/mol. The Bertz CT molecular complexity index is 806. The van der Waals surface area contributed by atoms with E-state index in [1.54, 1.807) is 18.2 Å². The van der Waals surface area contributed by atoms with Crippen molar-refractivity contribution in [3.63, 3.8) is 0 Å². The molecule has 25 heavy (non-hydrogen) atoms. The van der Waals surface area contributed by atoms with E-state index in [9.17, 15) is 19.5 Å². The third-order valence-corrected chi connectivity index (χ3v) is 4.30. The SMILES string of the molecule is COC(=O)c1cccc(C(=O)N[C@@H](Cc2ccccc2Br)C(=O)O)c1. The Labute approximate surface area is 152 Å². The van der Waals surface area contributed by atoms with Gasteiger partial charge in [-0.15, -0.1) is 0 Å². The number of rotatable bonds is 6. The molecule has 0 aromatic heterocycles. The van der Waals surface area contributed by atoms with Crippen molar-refractivity contribution in [1.29, 1.82) is 0 Å². The Kier molecular flexibility index (Phi) is 6.30. The van der Waals surface area contributed by atoms with E-state index in [0.717, 1.165) is 10.0 Å². The molecule has 0 saturated heterocycles. The van der Waals surface area contributed by atoms with Gasteiger partial charge in [-0.2, -0.15) is 0 Å². The Morgan fingerprint density at radius 2 is 1.80 bits per heavy atom. The number of carboxylic acids is 1. The van der Waals surface area contributed by atoms with Gasteiger partial charge in [0.2, 0.25) is 0 Å². The van der Waals surface area contributed by atoms with Gasteiger partial charge in [-0.25, -0.2) is 9.59 Å². The lowest BCUT2D eigenvalue weighted by Gasteiger charge is -2.16. The minimum atomic E-state index is -1.15. The number of ether oxygens (including phenoxy) is 1. The van der Waals surface area contributed by atoms with Gasteiger partial charge >= 0.3 is 11.9 Å². The smallest absolute Gasteiger partial charge is 0.337 e. The average Bonchev–Trinajstić information content (AvgIpc) is 2.62. The molecule has 7 heteroatoms. The molecule has 0 saturated carbocycles. The molecule has 6 nitrogen and oxygen atoms in total. The van der Waals surface area contributed by atoms with Crippen LogP contribution in [0.4, 0.5) is 0 Å². The molecule has 0 bridgehead atoms. The summed E-state index contributed by atoms with van der Waals surface area (Å²) in [5, 5.41) is 11.9. The quantitative estimate of drug-likeness (QED) is 0.720. The monoisotopic (exact) mass is 405 g/mol. The molecule has 0 aliphatic rings. The van der Waals surface area contributed by atoms with Gasteiger partial charge in [-0.05, 0) is 29.8 Å². The van der Waals surface area contributed by atoms with Gasteiger partial charge in [-0.3, -0.25) is 4.79 Å². The fraction of sp³-hybridized carbons (Fsp3) is 0.167. The number of nitrogens with one attached hydrogen (secondary N) is 1. The summed E-state index contributed by atoms with van der Waals surface area (Å²) in [5.74, 6) is -2.30. The number of hydrogen-bond donors (Lipinski definition) is 2. The highest BCUT2D eigenvalue weighted by Gasteiger charge is 2.22. The molecule has 2 aromatic carbocycles. The summed E-state index contributed by atoms with van der Waals surface area (Å²) >= 11 is 3.36. The predicted octanol–water partition coefficient (Wildman–Crippen LogP) is 2.66. The van der Waals surface area contributed by atoms with Crippen molar-refractivity contribution in [3.8, 4) is 0 Å². The highest BCUT2D eigenvalue weighted by molar-refractivity contribution is 9.10. The molecule has 2 N–H and O–H groups in total. The molecule has 0 spiro atoms. The average molecular weight is 406 g/mol. The molecule has 2 aromatic rings. The summed E-state index contributed by atoms with van der Waals surface area (Å²) in [6.07, 6.45) is 0.124. The van der Waals surface area contributed by atoms with Gasteiger partial charge in [-0.1, -0.05) is 40.2 Å². The first-order valence-corrected chi connectivity index (χ1v) is 8.17. The van der Waals surface area contributed by atoms with Gasteiger partial charge < -0.3 is 15.2 Å². The number of carbonyl (C=O) groups excluding carboxylic acids is 2. The number of methoxy groups -OCH3 is 1. The Morgan fingerprint density at radius 1 is 1.12 bits per heavy atom. The molecule has 1 amide bonds. The maximum absolute atomic E-state index is 12.4. The summed E-state index contributed by atoms with van der Waals surface area (Å²) in [6.45, 7) is 0. The fourth-order valence-corrected chi connectivity index (χ4v) is 2.68. The van der Waals surface area contributed by atoms with E-state index in [1.165, 1.54) is 31.4 Å². The first-order chi connectivity index (χ1) is 11.9. The van der Waals surface area contributed by atoms with Gasteiger partial charge in [0, 0.05) is 16.5 Å². The van der Waals surface area contributed by atoms with Crippen LogP contribution >= 0.6 is 15.9 Å². The number of carbonyl (C=O) groups is 3. The minimum Gasteiger partial charge on any atom is -0.480 e. The molecule has 130 valence electrons. The normalized spacial score (nSPS) is 11.4. The number of amides is 1. The van der Waals surface area contributed by atoms with E-state index in [2.05, 4.69) is 26.0 Å². The van der Waals surface area contributed by atoms with Crippen LogP contribution in [0.1, 0.15) is 26.3 Å². The lowest BCUT2D eigenvalue weighted by molar-refractivity contribution is -0.139. The fourth-order valence-electron chi connectivity index (χ4n) is 2.23. The molecule has 0 unspecified atom stereocenters. The third-order valence-electron chi connectivity index (χ3n) is 3.53. The van der Waals surface area contributed by atoms with E-state index in [4.69, 9.17) is 0 Å². The summed E-state index contributed by atoms with van der Waals surface area (Å²) in [6, 6.07) is 12.0. The zero-order chi connectivity index (χ0) is 18.4. The molecule has 0 heterocycles. The van der Waals surface area contributed by atoms with Crippen molar-refractivity contribution in [1.82, 2.24) is 5.32 Å². The van der Waals surface area contributed by atoms with E-state index < -0.39 is 23.9 Å². The number of carboxylic acid groups (broad SMARTS) is 1. The van der Waals surface area contributed by atoms with E-state index in [0.29, 0.717) is 0 Å². The summed E-state index contributed by atoms with van der Waals surface area (Å²) < 4.78 is 5.38. The van der Waals surface area contributed by atoms with Gasteiger partial charge in [0.15, 0.2) is 0 Å². The van der Waals surface area contributed by atoms with Crippen molar-refractivity contribution >= 4 is 33.8 Å². The number of halogens is 1. The molecular formula is C18H16BrNO5. The minimum absolute atomic E-state index is 0.124. The van der Waals surface area contributed by atoms with Crippen molar-refractivity contribution in [2.75, 3.05) is 7.11 Å². The maximum atomic E-state index is 12.4. The summed E-state index contributed by atoms with van der Waals surface area (Å²) in [7, 11) is 1.24. The van der Waals surface area contributed by atoms with Crippen molar-refractivity contribution < 1.29 is 24.2 Å². The molecule has 1 atom stereocenters. The third kappa shape index (κ3) is 4.90. The second-order valence-corrected chi connectivity index (χ2v) is 6.09. The van der Waals surface area contributed by atoms with Crippen LogP contribution in [0.5, 0.6) is 0 Å².